The van der Waals surface area contributed by atoms with Crippen LogP contribution in [-0.4, -0.2) is 54.1 Å². The molecular weight excluding hydrogens is 442 g/mol. The van der Waals surface area contributed by atoms with E-state index in [0.29, 0.717) is 37.7 Å². The summed E-state index contributed by atoms with van der Waals surface area (Å²) in [6.07, 6.45) is 1.41. The van der Waals surface area contributed by atoms with Crippen LogP contribution in [0.15, 0.2) is 48.5 Å². The van der Waals surface area contributed by atoms with Gasteiger partial charge in [0.15, 0.2) is 0 Å². The fourth-order valence-corrected chi connectivity index (χ4v) is 4.83. The number of amides is 2. The molecule has 7 heteroatoms. The van der Waals surface area contributed by atoms with Crippen LogP contribution in [0.5, 0.6) is 11.5 Å². The summed E-state index contributed by atoms with van der Waals surface area (Å²) >= 11 is 0. The van der Waals surface area contributed by atoms with Crippen molar-refractivity contribution in [3.05, 3.63) is 59.8 Å². The van der Waals surface area contributed by atoms with Crippen molar-refractivity contribution in [3.63, 3.8) is 0 Å². The highest BCUT2D eigenvalue weighted by molar-refractivity contribution is 6.03. The summed E-state index contributed by atoms with van der Waals surface area (Å²) in [5.74, 6) is 1.66. The molecule has 0 spiro atoms. The van der Waals surface area contributed by atoms with Gasteiger partial charge in [-0.25, -0.2) is 0 Å². The Bertz CT molecular complexity index is 1230. The first-order valence-electron chi connectivity index (χ1n) is 12.2. The molecule has 1 aliphatic rings. The summed E-state index contributed by atoms with van der Waals surface area (Å²) in [7, 11) is 3.25. The van der Waals surface area contributed by atoms with Gasteiger partial charge in [-0.1, -0.05) is 32.0 Å². The number of nitrogens with zero attached hydrogens (tertiary/aromatic N) is 2. The van der Waals surface area contributed by atoms with Crippen molar-refractivity contribution in [2.75, 3.05) is 27.3 Å². The van der Waals surface area contributed by atoms with Gasteiger partial charge in [-0.3, -0.25) is 9.59 Å². The van der Waals surface area contributed by atoms with Gasteiger partial charge in [-0.2, -0.15) is 0 Å². The molecule has 1 aliphatic heterocycles. The monoisotopic (exact) mass is 477 g/mol. The lowest BCUT2D eigenvalue weighted by Crippen LogP contribution is -2.64. The molecule has 186 valence electrons. The number of carbonyl (C=O) groups excluding carboxylic acids is 2. The van der Waals surface area contributed by atoms with Crippen LogP contribution >= 0.6 is 0 Å². The van der Waals surface area contributed by atoms with E-state index in [0.717, 1.165) is 34.4 Å². The molecule has 0 fully saturated rings. The highest BCUT2D eigenvalue weighted by atomic mass is 16.5. The summed E-state index contributed by atoms with van der Waals surface area (Å²) in [5, 5.41) is 4.09. The molecule has 0 aliphatic carbocycles. The molecule has 0 unspecified atom stereocenters. The third-order valence-corrected chi connectivity index (χ3v) is 6.93. The highest BCUT2D eigenvalue weighted by Gasteiger charge is 2.47. The molecule has 0 saturated heterocycles. The molecule has 2 heterocycles. The van der Waals surface area contributed by atoms with E-state index in [1.807, 2.05) is 60.0 Å². The van der Waals surface area contributed by atoms with Crippen molar-refractivity contribution in [2.24, 2.45) is 5.92 Å². The third kappa shape index (κ3) is 4.72. The van der Waals surface area contributed by atoms with Crippen molar-refractivity contribution in [1.29, 1.82) is 0 Å². The van der Waals surface area contributed by atoms with E-state index in [1.165, 1.54) is 0 Å². The molecule has 3 aromatic rings. The van der Waals surface area contributed by atoms with Gasteiger partial charge < -0.3 is 24.3 Å². The minimum absolute atomic E-state index is 0.132. The molecule has 35 heavy (non-hydrogen) atoms. The summed E-state index contributed by atoms with van der Waals surface area (Å²) < 4.78 is 12.9. The molecule has 1 aromatic heterocycles. The Morgan fingerprint density at radius 3 is 2.60 bits per heavy atom. The lowest BCUT2D eigenvalue weighted by Gasteiger charge is -2.44. The number of nitrogens with one attached hydrogen (secondary N) is 1. The number of rotatable bonds is 9. The van der Waals surface area contributed by atoms with Crippen molar-refractivity contribution in [2.45, 2.75) is 45.7 Å². The van der Waals surface area contributed by atoms with Crippen LogP contribution in [-0.2, 0) is 17.8 Å². The third-order valence-electron chi connectivity index (χ3n) is 6.93. The van der Waals surface area contributed by atoms with E-state index < -0.39 is 5.54 Å². The Balaban J connectivity index is 1.69. The van der Waals surface area contributed by atoms with E-state index in [1.54, 1.807) is 19.1 Å². The van der Waals surface area contributed by atoms with Crippen molar-refractivity contribution >= 4 is 22.7 Å². The number of ether oxygens (including phenoxy) is 2. The molecule has 2 aromatic carbocycles. The SMILES string of the molecule is COc1ccc(OC)c(CCN2C(=O)c3cc4ccccc4n3C[C@]2(C)C(=O)NCCC(C)C)c1. The Morgan fingerprint density at radius 1 is 1.11 bits per heavy atom. The van der Waals surface area contributed by atoms with Crippen LogP contribution in [0.3, 0.4) is 0 Å². The van der Waals surface area contributed by atoms with Crippen molar-refractivity contribution in [3.8, 4) is 11.5 Å². The van der Waals surface area contributed by atoms with Crippen LogP contribution in [0.1, 0.15) is 43.2 Å². The van der Waals surface area contributed by atoms with E-state index in [2.05, 4.69) is 19.2 Å². The Morgan fingerprint density at radius 2 is 1.89 bits per heavy atom. The standard InChI is InChI=1S/C28H35N3O4/c1-19(2)12-14-29-27(33)28(3)18-30-23-9-7-6-8-20(23)17-24(30)26(32)31(28)15-13-21-16-22(34-4)10-11-25(21)35-5/h6-11,16-17,19H,12-15,18H2,1-5H3,(H,29,33)/t28-/m1/s1. The van der Waals surface area contributed by atoms with Gasteiger partial charge in [0.05, 0.1) is 20.8 Å². The average Bonchev–Trinajstić information content (AvgIpc) is 3.22. The van der Waals surface area contributed by atoms with Gasteiger partial charge in [0.1, 0.15) is 22.7 Å². The maximum Gasteiger partial charge on any atom is 0.271 e. The van der Waals surface area contributed by atoms with Gasteiger partial charge in [-0.15, -0.1) is 0 Å². The first-order valence-corrected chi connectivity index (χ1v) is 12.2. The second-order valence-electron chi connectivity index (χ2n) is 9.77. The van der Waals surface area contributed by atoms with E-state index in [9.17, 15) is 9.59 Å². The summed E-state index contributed by atoms with van der Waals surface area (Å²) in [6, 6.07) is 15.5. The number of fused-ring (bicyclic) bond motifs is 3. The molecule has 1 N–H and O–H groups in total. The Hall–Kier alpha value is -3.48. The fraction of sp³-hybridized carbons (Fsp3) is 0.429. The minimum atomic E-state index is -1.03. The van der Waals surface area contributed by atoms with Crippen LogP contribution in [0, 0.1) is 5.92 Å². The van der Waals surface area contributed by atoms with Gasteiger partial charge in [0, 0.05) is 24.0 Å². The normalized spacial score (nSPS) is 17.5. The van der Waals surface area contributed by atoms with Crippen LogP contribution < -0.4 is 14.8 Å². The first kappa shape index (κ1) is 24.6. The number of hydrogen-bond donors (Lipinski definition) is 1. The lowest BCUT2D eigenvalue weighted by molar-refractivity contribution is -0.132. The summed E-state index contributed by atoms with van der Waals surface area (Å²) in [6.45, 7) is 7.48. The van der Waals surface area contributed by atoms with Gasteiger partial charge >= 0.3 is 0 Å². The number of carbonyl (C=O) groups is 2. The Kier molecular flexibility index (Phi) is 7.05. The summed E-state index contributed by atoms with van der Waals surface area (Å²) in [5.41, 5.74) is 1.46. The smallest absolute Gasteiger partial charge is 0.271 e. The molecule has 0 saturated carbocycles. The van der Waals surface area contributed by atoms with E-state index in [-0.39, 0.29) is 11.8 Å². The van der Waals surface area contributed by atoms with Crippen LogP contribution in [0.25, 0.3) is 10.9 Å². The fourth-order valence-electron chi connectivity index (χ4n) is 4.83. The molecular formula is C28H35N3O4. The predicted molar refractivity (Wildman–Crippen MR) is 137 cm³/mol. The number of benzene rings is 2. The van der Waals surface area contributed by atoms with Crippen molar-refractivity contribution < 1.29 is 19.1 Å². The maximum absolute atomic E-state index is 13.9. The van der Waals surface area contributed by atoms with Gasteiger partial charge in [0.25, 0.3) is 5.91 Å². The molecule has 4 rings (SSSR count). The minimum Gasteiger partial charge on any atom is -0.497 e. The molecule has 0 bridgehead atoms. The average molecular weight is 478 g/mol. The van der Waals surface area contributed by atoms with E-state index in [4.69, 9.17) is 9.47 Å². The maximum atomic E-state index is 13.9. The Labute approximate surface area is 207 Å². The second kappa shape index (κ2) is 10.0. The number of methoxy groups -OCH3 is 2. The van der Waals surface area contributed by atoms with E-state index >= 15 is 0 Å². The quantitative estimate of drug-likeness (QED) is 0.499. The second-order valence-corrected chi connectivity index (χ2v) is 9.77. The van der Waals surface area contributed by atoms with Gasteiger partial charge in [0.2, 0.25) is 5.91 Å². The molecule has 0 radical (unpaired) electrons. The number of para-hydroxylation sites is 1. The van der Waals surface area contributed by atoms with Crippen LogP contribution in [0.2, 0.25) is 0 Å². The number of aromatic nitrogens is 1. The zero-order chi connectivity index (χ0) is 25.2. The van der Waals surface area contributed by atoms with Crippen LogP contribution in [0.4, 0.5) is 0 Å². The molecule has 7 nitrogen and oxygen atoms in total. The number of hydrogen-bond acceptors (Lipinski definition) is 4. The largest absolute Gasteiger partial charge is 0.497 e. The topological polar surface area (TPSA) is 72.8 Å². The molecule has 2 amide bonds. The first-order chi connectivity index (χ1) is 16.8. The molecule has 1 atom stereocenters. The zero-order valence-electron chi connectivity index (χ0n) is 21.3. The summed E-state index contributed by atoms with van der Waals surface area (Å²) in [4.78, 5) is 29.2. The predicted octanol–water partition coefficient (Wildman–Crippen LogP) is 4.28. The highest BCUT2D eigenvalue weighted by Crippen LogP contribution is 2.33. The van der Waals surface area contributed by atoms with Crippen molar-refractivity contribution in [1.82, 2.24) is 14.8 Å². The zero-order valence-corrected chi connectivity index (χ0v) is 21.3. The lowest BCUT2D eigenvalue weighted by atomic mass is 9.93. The van der Waals surface area contributed by atoms with Gasteiger partial charge in [-0.05, 0) is 61.6 Å².